The van der Waals surface area contributed by atoms with Gasteiger partial charge >= 0.3 is 5.97 Å². The van der Waals surface area contributed by atoms with Crippen LogP contribution >= 0.6 is 0 Å². The van der Waals surface area contributed by atoms with E-state index in [9.17, 15) is 15.0 Å². The zero-order chi connectivity index (χ0) is 10.9. The Morgan fingerprint density at radius 3 is 2.40 bits per heavy atom. The highest BCUT2D eigenvalue weighted by atomic mass is 16.5. The Balaban J connectivity index is 2.09. The van der Waals surface area contributed by atoms with Crippen molar-refractivity contribution in [2.45, 2.75) is 44.1 Å². The molecule has 15 heavy (non-hydrogen) atoms. The minimum Gasteiger partial charge on any atom is -0.481 e. The Bertz CT molecular complexity index is 249. The van der Waals surface area contributed by atoms with Crippen molar-refractivity contribution in [2.75, 3.05) is 13.2 Å². The molecular weight excluding hydrogens is 196 g/mol. The highest BCUT2D eigenvalue weighted by molar-refractivity contribution is 5.75. The van der Waals surface area contributed by atoms with Gasteiger partial charge in [0, 0.05) is 6.61 Å². The van der Waals surface area contributed by atoms with Crippen LogP contribution in [0.3, 0.4) is 0 Å². The highest BCUT2D eigenvalue weighted by Crippen LogP contribution is 2.43. The van der Waals surface area contributed by atoms with E-state index in [1.54, 1.807) is 0 Å². The first-order valence-corrected chi connectivity index (χ1v) is 5.60. The summed E-state index contributed by atoms with van der Waals surface area (Å²) in [6, 6.07) is 0. The summed E-state index contributed by atoms with van der Waals surface area (Å²) in [6.07, 6.45) is 4.38. The minimum atomic E-state index is -0.834. The fourth-order valence-corrected chi connectivity index (χ4v) is 2.83. The van der Waals surface area contributed by atoms with Gasteiger partial charge in [-0.2, -0.15) is 0 Å². The summed E-state index contributed by atoms with van der Waals surface area (Å²) in [4.78, 5) is 11.3. The standard InChI is InChI=1S/C11H18O4/c12-9(13)10(5-6-15-8-10)7-11(14)3-1-2-4-11/h14H,1-8H2,(H,12,13). The number of hydrogen-bond donors (Lipinski definition) is 2. The summed E-state index contributed by atoms with van der Waals surface area (Å²) in [5, 5.41) is 19.5. The van der Waals surface area contributed by atoms with Gasteiger partial charge in [-0.25, -0.2) is 0 Å². The number of aliphatic hydroxyl groups is 1. The summed E-state index contributed by atoms with van der Waals surface area (Å²) < 4.78 is 5.19. The average Bonchev–Trinajstić information content (AvgIpc) is 2.76. The van der Waals surface area contributed by atoms with Crippen LogP contribution in [0.15, 0.2) is 0 Å². The van der Waals surface area contributed by atoms with Crippen molar-refractivity contribution in [3.05, 3.63) is 0 Å². The second kappa shape index (κ2) is 3.76. The molecule has 1 aliphatic heterocycles. The van der Waals surface area contributed by atoms with E-state index in [4.69, 9.17) is 4.74 Å². The van der Waals surface area contributed by atoms with Crippen LogP contribution in [0, 0.1) is 5.41 Å². The molecule has 1 unspecified atom stereocenters. The summed E-state index contributed by atoms with van der Waals surface area (Å²) in [6.45, 7) is 0.757. The molecule has 2 rings (SSSR count). The molecule has 2 fully saturated rings. The maximum Gasteiger partial charge on any atom is 0.312 e. The lowest BCUT2D eigenvalue weighted by atomic mass is 9.76. The van der Waals surface area contributed by atoms with Crippen LogP contribution in [0.2, 0.25) is 0 Å². The molecule has 0 aromatic rings. The van der Waals surface area contributed by atoms with Gasteiger partial charge < -0.3 is 14.9 Å². The quantitative estimate of drug-likeness (QED) is 0.740. The Labute approximate surface area is 89.2 Å². The van der Waals surface area contributed by atoms with E-state index in [1.165, 1.54) is 0 Å². The van der Waals surface area contributed by atoms with Gasteiger partial charge in [-0.3, -0.25) is 4.79 Å². The first kappa shape index (κ1) is 10.9. The van der Waals surface area contributed by atoms with Gasteiger partial charge in [-0.1, -0.05) is 12.8 Å². The predicted octanol–water partition coefficient (Wildman–Crippen LogP) is 1.17. The van der Waals surface area contributed by atoms with Gasteiger partial charge in [0.05, 0.1) is 17.6 Å². The lowest BCUT2D eigenvalue weighted by Crippen LogP contribution is -2.40. The molecule has 0 aromatic heterocycles. The van der Waals surface area contributed by atoms with E-state index in [2.05, 4.69) is 0 Å². The summed E-state index contributed by atoms with van der Waals surface area (Å²) in [7, 11) is 0. The first-order valence-electron chi connectivity index (χ1n) is 5.60. The lowest BCUT2D eigenvalue weighted by molar-refractivity contribution is -0.153. The number of carboxylic acid groups (broad SMARTS) is 1. The molecule has 1 atom stereocenters. The highest BCUT2D eigenvalue weighted by Gasteiger charge is 2.49. The zero-order valence-electron chi connectivity index (χ0n) is 8.87. The first-order chi connectivity index (χ1) is 7.06. The second-order valence-electron chi connectivity index (χ2n) is 5.00. The van der Waals surface area contributed by atoms with E-state index >= 15 is 0 Å². The lowest BCUT2D eigenvalue weighted by Gasteiger charge is -2.31. The van der Waals surface area contributed by atoms with Crippen LogP contribution in [-0.4, -0.2) is 35.0 Å². The van der Waals surface area contributed by atoms with Gasteiger partial charge in [-0.05, 0) is 25.7 Å². The molecule has 0 amide bonds. The Morgan fingerprint density at radius 1 is 1.27 bits per heavy atom. The van der Waals surface area contributed by atoms with Crippen LogP contribution in [0.4, 0.5) is 0 Å². The molecule has 86 valence electrons. The monoisotopic (exact) mass is 214 g/mol. The molecule has 2 aliphatic rings. The molecule has 1 saturated carbocycles. The van der Waals surface area contributed by atoms with Gasteiger partial charge in [0.1, 0.15) is 0 Å². The van der Waals surface area contributed by atoms with E-state index in [0.29, 0.717) is 19.4 Å². The molecular formula is C11H18O4. The summed E-state index contributed by atoms with van der Waals surface area (Å²) in [5.74, 6) is -0.819. The Hall–Kier alpha value is -0.610. The molecule has 0 bridgehead atoms. The maximum atomic E-state index is 11.3. The average molecular weight is 214 g/mol. The molecule has 1 saturated heterocycles. The third-order valence-corrected chi connectivity index (χ3v) is 3.76. The third kappa shape index (κ3) is 2.01. The van der Waals surface area contributed by atoms with Crippen molar-refractivity contribution in [2.24, 2.45) is 5.41 Å². The fourth-order valence-electron chi connectivity index (χ4n) is 2.83. The molecule has 4 heteroatoms. The van der Waals surface area contributed by atoms with Crippen molar-refractivity contribution >= 4 is 5.97 Å². The van der Waals surface area contributed by atoms with Crippen LogP contribution < -0.4 is 0 Å². The largest absolute Gasteiger partial charge is 0.481 e. The van der Waals surface area contributed by atoms with Gasteiger partial charge in [0.2, 0.25) is 0 Å². The zero-order valence-corrected chi connectivity index (χ0v) is 8.87. The molecule has 0 aromatic carbocycles. The number of carbonyl (C=O) groups is 1. The Kier molecular flexibility index (Phi) is 2.73. The van der Waals surface area contributed by atoms with Crippen LogP contribution in [0.25, 0.3) is 0 Å². The smallest absolute Gasteiger partial charge is 0.312 e. The predicted molar refractivity (Wildman–Crippen MR) is 53.5 cm³/mol. The van der Waals surface area contributed by atoms with Crippen LogP contribution in [0.5, 0.6) is 0 Å². The van der Waals surface area contributed by atoms with Gasteiger partial charge in [-0.15, -0.1) is 0 Å². The van der Waals surface area contributed by atoms with Gasteiger partial charge in [0.15, 0.2) is 0 Å². The van der Waals surface area contributed by atoms with Crippen molar-refractivity contribution in [1.82, 2.24) is 0 Å². The fraction of sp³-hybridized carbons (Fsp3) is 0.909. The van der Waals surface area contributed by atoms with E-state index < -0.39 is 17.0 Å². The van der Waals surface area contributed by atoms with E-state index in [-0.39, 0.29) is 6.61 Å². The maximum absolute atomic E-state index is 11.3. The van der Waals surface area contributed by atoms with E-state index in [0.717, 1.165) is 25.7 Å². The van der Waals surface area contributed by atoms with Crippen molar-refractivity contribution < 1.29 is 19.7 Å². The van der Waals surface area contributed by atoms with Crippen molar-refractivity contribution in [3.8, 4) is 0 Å². The number of hydrogen-bond acceptors (Lipinski definition) is 3. The topological polar surface area (TPSA) is 66.8 Å². The van der Waals surface area contributed by atoms with E-state index in [1.807, 2.05) is 0 Å². The molecule has 1 aliphatic carbocycles. The number of ether oxygens (including phenoxy) is 1. The summed E-state index contributed by atoms with van der Waals surface area (Å²) in [5.41, 5.74) is -1.59. The molecule has 1 heterocycles. The molecule has 4 nitrogen and oxygen atoms in total. The number of carboxylic acids is 1. The van der Waals surface area contributed by atoms with Crippen LogP contribution in [-0.2, 0) is 9.53 Å². The minimum absolute atomic E-state index is 0.255. The normalized spacial score (nSPS) is 34.5. The molecule has 0 radical (unpaired) electrons. The van der Waals surface area contributed by atoms with Crippen molar-refractivity contribution in [1.29, 1.82) is 0 Å². The number of rotatable bonds is 3. The summed E-state index contributed by atoms with van der Waals surface area (Å²) >= 11 is 0. The van der Waals surface area contributed by atoms with Crippen LogP contribution in [0.1, 0.15) is 38.5 Å². The Morgan fingerprint density at radius 2 is 1.93 bits per heavy atom. The third-order valence-electron chi connectivity index (χ3n) is 3.76. The second-order valence-corrected chi connectivity index (χ2v) is 5.00. The molecule has 2 N–H and O–H groups in total. The van der Waals surface area contributed by atoms with Gasteiger partial charge in [0.25, 0.3) is 0 Å². The number of aliphatic carboxylic acids is 1. The van der Waals surface area contributed by atoms with Crippen molar-refractivity contribution in [3.63, 3.8) is 0 Å². The molecule has 0 spiro atoms. The SMILES string of the molecule is O=C(O)C1(CC2(O)CCCC2)CCOC1.